The van der Waals surface area contributed by atoms with Crippen molar-refractivity contribution in [2.45, 2.75) is 71.2 Å². The number of ether oxygens (including phenoxy) is 1. The first-order valence-corrected chi connectivity index (χ1v) is 8.30. The van der Waals surface area contributed by atoms with Gasteiger partial charge in [-0.3, -0.25) is 4.79 Å². The molecule has 21 heavy (non-hydrogen) atoms. The van der Waals surface area contributed by atoms with Gasteiger partial charge in [0.25, 0.3) is 0 Å². The van der Waals surface area contributed by atoms with Crippen LogP contribution in [0.15, 0.2) is 0 Å². The van der Waals surface area contributed by atoms with Crippen molar-refractivity contribution in [1.82, 2.24) is 10.2 Å². The van der Waals surface area contributed by atoms with E-state index in [1.807, 2.05) is 13.8 Å². The Labute approximate surface area is 129 Å². The second kappa shape index (κ2) is 10.1. The number of amides is 1. The van der Waals surface area contributed by atoms with Gasteiger partial charge in [-0.1, -0.05) is 6.92 Å². The topological polar surface area (TPSA) is 41.6 Å². The van der Waals surface area contributed by atoms with E-state index in [9.17, 15) is 9.18 Å². The number of carbonyl (C=O) groups excluding carboxylic acids is 1. The normalized spacial score (nSPS) is 23.5. The zero-order valence-electron chi connectivity index (χ0n) is 13.7. The quantitative estimate of drug-likeness (QED) is 0.666. The lowest BCUT2D eigenvalue weighted by Crippen LogP contribution is -2.52. The minimum absolute atomic E-state index is 0. The van der Waals surface area contributed by atoms with Gasteiger partial charge in [0.15, 0.2) is 0 Å². The summed E-state index contributed by atoms with van der Waals surface area (Å²) >= 11 is 0. The first-order chi connectivity index (χ1) is 10.0. The first kappa shape index (κ1) is 18.4. The molecule has 0 bridgehead atoms. The first-order valence-electron chi connectivity index (χ1n) is 8.30. The van der Waals surface area contributed by atoms with E-state index in [0.29, 0.717) is 25.5 Å². The molecule has 1 aliphatic rings. The molecule has 1 N–H and O–H groups in total. The van der Waals surface area contributed by atoms with E-state index in [0.717, 1.165) is 39.0 Å². The molecular weight excluding hydrogens is 271 g/mol. The summed E-state index contributed by atoms with van der Waals surface area (Å²) in [4.78, 5) is 13.5. The van der Waals surface area contributed by atoms with Crippen LogP contribution in [-0.4, -0.2) is 55.4 Å². The summed E-state index contributed by atoms with van der Waals surface area (Å²) < 4.78 is 19.5. The van der Waals surface area contributed by atoms with Crippen molar-refractivity contribution in [3.05, 3.63) is 0 Å². The van der Waals surface area contributed by atoms with Crippen LogP contribution in [0.5, 0.6) is 0 Å². The Morgan fingerprint density at radius 1 is 1.43 bits per heavy atom. The van der Waals surface area contributed by atoms with Gasteiger partial charge in [-0.25, -0.2) is 4.39 Å². The molecule has 0 spiro atoms. The van der Waals surface area contributed by atoms with Crippen molar-refractivity contribution in [2.75, 3.05) is 26.2 Å². The zero-order chi connectivity index (χ0) is 15.7. The number of piperidine rings is 1. The third-order valence-corrected chi connectivity index (χ3v) is 3.86. The van der Waals surface area contributed by atoms with Gasteiger partial charge in [-0.15, -0.1) is 0 Å². The molecule has 0 aromatic carbocycles. The van der Waals surface area contributed by atoms with Crippen molar-refractivity contribution in [3.63, 3.8) is 0 Å². The minimum atomic E-state index is -0.946. The molecule has 5 heteroatoms. The molecule has 0 aliphatic carbocycles. The monoisotopic (exact) mass is 304 g/mol. The predicted octanol–water partition coefficient (Wildman–Crippen LogP) is 2.77. The molecule has 0 aromatic rings. The Kier molecular flexibility index (Phi) is 8.85. The summed E-state index contributed by atoms with van der Waals surface area (Å²) in [6.07, 6.45) is 3.76. The van der Waals surface area contributed by atoms with Crippen molar-refractivity contribution < 1.29 is 15.3 Å². The number of carbonyl (C=O) groups is 1. The maximum atomic E-state index is 14.0. The molecule has 1 saturated heterocycles. The van der Waals surface area contributed by atoms with E-state index in [2.05, 4.69) is 10.2 Å². The van der Waals surface area contributed by atoms with E-state index in [4.69, 9.17) is 4.74 Å². The van der Waals surface area contributed by atoms with Crippen LogP contribution in [0.4, 0.5) is 4.39 Å². The summed E-state index contributed by atoms with van der Waals surface area (Å²) in [7, 11) is 0. The van der Waals surface area contributed by atoms with Gasteiger partial charge in [0.2, 0.25) is 5.91 Å². The second-order valence-electron chi connectivity index (χ2n) is 6.11. The number of unbranched alkanes of at least 4 members (excludes halogenated alkanes) is 2. The third kappa shape index (κ3) is 7.77. The number of hydrogen-bond acceptors (Lipinski definition) is 3. The van der Waals surface area contributed by atoms with E-state index in [-0.39, 0.29) is 13.4 Å². The molecule has 0 aromatic heterocycles. The number of nitrogens with one attached hydrogen (secondary N) is 1. The van der Waals surface area contributed by atoms with Crippen LogP contribution in [0.25, 0.3) is 0 Å². The highest BCUT2D eigenvalue weighted by molar-refractivity contribution is 5.75. The van der Waals surface area contributed by atoms with Gasteiger partial charge in [0, 0.05) is 27.5 Å². The number of likely N-dealkylation sites (tertiary alicyclic amines) is 1. The summed E-state index contributed by atoms with van der Waals surface area (Å²) in [5.41, 5.74) is 0. The molecule has 0 saturated carbocycles. The van der Waals surface area contributed by atoms with Gasteiger partial charge >= 0.3 is 0 Å². The predicted molar refractivity (Wildman–Crippen MR) is 85.2 cm³/mol. The van der Waals surface area contributed by atoms with Crippen LogP contribution in [-0.2, 0) is 9.53 Å². The lowest BCUT2D eigenvalue weighted by molar-refractivity contribution is -0.122. The van der Waals surface area contributed by atoms with Crippen LogP contribution in [0.3, 0.4) is 0 Å². The van der Waals surface area contributed by atoms with Gasteiger partial charge in [-0.05, 0) is 46.1 Å². The van der Waals surface area contributed by atoms with Crippen LogP contribution in [0.1, 0.15) is 54.3 Å². The van der Waals surface area contributed by atoms with Crippen molar-refractivity contribution in [3.8, 4) is 0 Å². The number of alkyl halides is 1. The molecule has 1 amide bonds. The number of nitrogens with zero attached hydrogens (tertiary/aromatic N) is 1. The van der Waals surface area contributed by atoms with Gasteiger partial charge in [-0.2, -0.15) is 0 Å². The largest absolute Gasteiger partial charge is 0.379 e. The number of hydrogen-bond donors (Lipinski definition) is 1. The summed E-state index contributed by atoms with van der Waals surface area (Å²) in [5.74, 6) is -0.0544. The molecular formula is C16H33FN2O2. The molecule has 1 heterocycles. The molecule has 2 unspecified atom stereocenters. The molecule has 4 nitrogen and oxygen atoms in total. The lowest BCUT2D eigenvalue weighted by atomic mass is 10.0. The van der Waals surface area contributed by atoms with Crippen LogP contribution < -0.4 is 5.32 Å². The standard InChI is InChI=1S/C16H31FN2O2.H2/c1-4-16(20)18-15-8-10-19(12-14(15)17)9-6-5-7-11-21-13(2)3;/h13-15H,4-12H2,1-3H3,(H,18,20);1H. The molecule has 2 atom stereocenters. The van der Waals surface area contributed by atoms with Crippen molar-refractivity contribution in [2.24, 2.45) is 0 Å². The minimum Gasteiger partial charge on any atom is -0.379 e. The molecule has 1 aliphatic heterocycles. The number of rotatable bonds is 9. The lowest BCUT2D eigenvalue weighted by Gasteiger charge is -2.35. The summed E-state index contributed by atoms with van der Waals surface area (Å²) in [6.45, 7) is 8.95. The highest BCUT2D eigenvalue weighted by Crippen LogP contribution is 2.15. The van der Waals surface area contributed by atoms with E-state index < -0.39 is 6.17 Å². The Morgan fingerprint density at radius 2 is 2.19 bits per heavy atom. The Bertz CT molecular complexity index is 306. The highest BCUT2D eigenvalue weighted by Gasteiger charge is 2.29. The maximum absolute atomic E-state index is 14.0. The van der Waals surface area contributed by atoms with Crippen LogP contribution >= 0.6 is 0 Å². The molecule has 1 fully saturated rings. The van der Waals surface area contributed by atoms with E-state index in [1.54, 1.807) is 6.92 Å². The fourth-order valence-corrected chi connectivity index (χ4v) is 2.58. The van der Waals surface area contributed by atoms with Crippen molar-refractivity contribution in [1.29, 1.82) is 0 Å². The van der Waals surface area contributed by atoms with Crippen molar-refractivity contribution >= 4 is 5.91 Å². The Morgan fingerprint density at radius 3 is 2.81 bits per heavy atom. The van der Waals surface area contributed by atoms with Gasteiger partial charge in [0.1, 0.15) is 6.17 Å². The summed E-state index contributed by atoms with van der Waals surface area (Å²) in [5, 5.41) is 2.78. The van der Waals surface area contributed by atoms with E-state index >= 15 is 0 Å². The highest BCUT2D eigenvalue weighted by atomic mass is 19.1. The Hall–Kier alpha value is -0.680. The number of halogens is 1. The smallest absolute Gasteiger partial charge is 0.220 e. The van der Waals surface area contributed by atoms with E-state index in [1.165, 1.54) is 0 Å². The average molecular weight is 304 g/mol. The van der Waals surface area contributed by atoms with Crippen LogP contribution in [0, 0.1) is 0 Å². The zero-order valence-corrected chi connectivity index (χ0v) is 13.7. The Balaban J connectivity index is 0.00000441. The summed E-state index contributed by atoms with van der Waals surface area (Å²) in [6, 6.07) is -0.298. The molecule has 126 valence electrons. The fraction of sp³-hybridized carbons (Fsp3) is 0.938. The average Bonchev–Trinajstić information content (AvgIpc) is 2.45. The molecule has 1 rings (SSSR count). The van der Waals surface area contributed by atoms with Gasteiger partial charge in [0.05, 0.1) is 12.1 Å². The second-order valence-corrected chi connectivity index (χ2v) is 6.11. The SMILES string of the molecule is CCC(=O)NC1CCN(CCCCCOC(C)C)CC1F.[HH]. The van der Waals surface area contributed by atoms with Gasteiger partial charge < -0.3 is 15.0 Å². The third-order valence-electron chi connectivity index (χ3n) is 3.86. The van der Waals surface area contributed by atoms with Crippen LogP contribution in [0.2, 0.25) is 0 Å². The fourth-order valence-electron chi connectivity index (χ4n) is 2.58. The maximum Gasteiger partial charge on any atom is 0.220 e. The molecule has 0 radical (unpaired) electrons.